The number of esters is 1. The highest BCUT2D eigenvalue weighted by Gasteiger charge is 2.64. The number of fused-ring (bicyclic) bond motifs is 5. The molecule has 4 bridgehead atoms. The first kappa shape index (κ1) is 63.5. The summed E-state index contributed by atoms with van der Waals surface area (Å²) < 4.78 is 29.6. The first-order valence-corrected chi connectivity index (χ1v) is 30.8. The molecule has 458 valence electrons. The molecule has 18 nitrogen and oxygen atoms in total. The Morgan fingerprint density at radius 1 is 0.919 bits per heavy atom. The number of hydrogen-bond donors (Lipinski definition) is 3. The summed E-state index contributed by atoms with van der Waals surface area (Å²) >= 11 is 8.08. The van der Waals surface area contributed by atoms with Gasteiger partial charge >= 0.3 is 12.1 Å². The van der Waals surface area contributed by atoms with Crippen molar-refractivity contribution in [1.82, 2.24) is 20.4 Å². The number of aliphatic hydroxyl groups is 1. The number of epoxide rings is 1. The number of hydrogen-bond acceptors (Lipinski definition) is 14. The second-order valence-electron chi connectivity index (χ2n) is 23.6. The fourth-order valence-electron chi connectivity index (χ4n) is 12.6. The third kappa shape index (κ3) is 13.6. The summed E-state index contributed by atoms with van der Waals surface area (Å²) in [4.78, 5) is 101. The van der Waals surface area contributed by atoms with Gasteiger partial charge in [0, 0.05) is 64.6 Å². The van der Waals surface area contributed by atoms with Crippen molar-refractivity contribution in [3.8, 4) is 5.75 Å². The van der Waals surface area contributed by atoms with Gasteiger partial charge in [-0.2, -0.15) is 0 Å². The SMILES string of the molecule is COc1cc2cc(c1Cl)N(C)C(=O)C[C@H](OC(=O)[C@H](C)N(C)C(=O)CCSC1CC(=O)N(CC3CCC(C(=O)NC(c4ccccc4)(c4ccccc4)c4ccccc4)CC3)C1=O)[C@]1(C)O[C@H]1[C@H](C)[C@@H]1C[C@@](O)(NC(=O)O1)[C@H](OC)/C=C/C=C(\C)C2. The molecule has 9 atom stereocenters. The van der Waals surface area contributed by atoms with E-state index in [4.69, 9.17) is 35.3 Å². The van der Waals surface area contributed by atoms with Gasteiger partial charge in [0.1, 0.15) is 46.3 Å². The van der Waals surface area contributed by atoms with Gasteiger partial charge in [0.2, 0.25) is 29.5 Å². The van der Waals surface area contributed by atoms with Crippen LogP contribution in [0.5, 0.6) is 5.75 Å². The second-order valence-corrected chi connectivity index (χ2v) is 25.3. The number of carbonyl (C=O) groups excluding carboxylic acids is 7. The zero-order valence-corrected chi connectivity index (χ0v) is 51.6. The normalized spacial score (nSPS) is 28.4. The topological polar surface area (TPSA) is 223 Å². The number of amides is 6. The lowest BCUT2D eigenvalue weighted by atomic mass is 9.75. The maximum Gasteiger partial charge on any atom is 0.409 e. The zero-order chi connectivity index (χ0) is 61.7. The van der Waals surface area contributed by atoms with Crippen LogP contribution in [-0.2, 0) is 59.7 Å². The molecular formula is C66H78ClN5O13S. The predicted molar refractivity (Wildman–Crippen MR) is 326 cm³/mol. The van der Waals surface area contributed by atoms with Crippen molar-refractivity contribution in [2.45, 2.75) is 138 Å². The number of alkyl carbamates (subject to hydrolysis) is 1. The number of nitrogens with zero attached hydrogens (tertiary/aromatic N) is 3. The molecule has 9 rings (SSSR count). The molecular weight excluding hydrogens is 1140 g/mol. The van der Waals surface area contributed by atoms with E-state index in [1.165, 1.54) is 54.7 Å². The molecule has 3 N–H and O–H groups in total. The molecule has 4 aromatic rings. The van der Waals surface area contributed by atoms with Crippen molar-refractivity contribution < 1.29 is 62.4 Å². The number of likely N-dealkylation sites (N-methyl/N-ethyl adjacent to an activating group) is 1. The Hall–Kier alpha value is -7.03. The van der Waals surface area contributed by atoms with Crippen molar-refractivity contribution in [1.29, 1.82) is 0 Å². The smallest absolute Gasteiger partial charge is 0.409 e. The minimum Gasteiger partial charge on any atom is -0.495 e. The highest BCUT2D eigenvalue weighted by Crippen LogP contribution is 2.50. The molecule has 1 aliphatic carbocycles. The summed E-state index contributed by atoms with van der Waals surface area (Å²) in [6, 6.07) is 32.3. The Morgan fingerprint density at radius 2 is 1.53 bits per heavy atom. The number of allylic oxidation sites excluding steroid dienone is 3. The molecule has 4 aromatic carbocycles. The number of halogens is 1. The van der Waals surface area contributed by atoms with Crippen LogP contribution in [-0.4, -0.2) is 144 Å². The van der Waals surface area contributed by atoms with Gasteiger partial charge < -0.3 is 43.9 Å². The van der Waals surface area contributed by atoms with Gasteiger partial charge in [0.25, 0.3) is 0 Å². The van der Waals surface area contributed by atoms with Crippen molar-refractivity contribution in [3.05, 3.63) is 154 Å². The minimum atomic E-state index is -1.89. The standard InChI is InChI=1S/C66H78ClN5O13S/c1-40-19-18-26-53(82-8)65(80)38-51(83-63(79)69-65)41(2)59-64(4,85-59)54(37-56(74)71(6)49-34-44(33-40)35-50(81-7)58(49)67)84-62(78)42(3)70(5)55(73)31-32-86-52-36-57(75)72(61(52)77)39-43-27-29-45(30-28-43)60(76)68-66(46-20-12-9-13-21-46,47-22-14-10-15-23-47)48-24-16-11-17-25-48/h9-26,34-35,41-43,45,51-54,59,80H,27-33,36-39H2,1-8H3,(H,68,76)(H,69,79)/b26-18+,40-19+/t41-,42+,43?,45?,51+,52?,53-,54+,59+,64+,65+/m1/s1. The monoisotopic (exact) mass is 1220 g/mol. The molecule has 3 saturated heterocycles. The number of imide groups is 1. The van der Waals surface area contributed by atoms with Crippen LogP contribution < -0.4 is 20.3 Å². The maximum atomic E-state index is 14.5. The van der Waals surface area contributed by atoms with Gasteiger partial charge in [-0.3, -0.25) is 34.2 Å². The molecule has 0 spiro atoms. The van der Waals surface area contributed by atoms with Crippen LogP contribution >= 0.6 is 23.4 Å². The Kier molecular flexibility index (Phi) is 19.9. The van der Waals surface area contributed by atoms with Crippen molar-refractivity contribution in [2.24, 2.45) is 17.8 Å². The average molecular weight is 1220 g/mol. The van der Waals surface area contributed by atoms with Crippen LogP contribution in [0.25, 0.3) is 0 Å². The number of nitrogens with one attached hydrogen (secondary N) is 2. The Labute approximate surface area is 512 Å². The third-order valence-corrected chi connectivity index (χ3v) is 19.5. The van der Waals surface area contributed by atoms with Gasteiger partial charge in [0.05, 0.1) is 30.6 Å². The van der Waals surface area contributed by atoms with E-state index in [9.17, 15) is 38.7 Å². The van der Waals surface area contributed by atoms with E-state index < -0.39 is 82.4 Å². The zero-order valence-electron chi connectivity index (χ0n) is 50.0. The Balaban J connectivity index is 0.814. The highest BCUT2D eigenvalue weighted by atomic mass is 35.5. The number of likely N-dealkylation sites (tertiary alicyclic amines) is 1. The summed E-state index contributed by atoms with van der Waals surface area (Å²) in [6.07, 6.45) is 2.84. The number of methoxy groups -OCH3 is 2. The van der Waals surface area contributed by atoms with Crippen LogP contribution in [0.15, 0.2) is 127 Å². The quantitative estimate of drug-likeness (QED) is 0.0413. The molecule has 4 heterocycles. The Morgan fingerprint density at radius 3 is 2.13 bits per heavy atom. The van der Waals surface area contributed by atoms with E-state index in [-0.39, 0.29) is 72.6 Å². The van der Waals surface area contributed by atoms with Crippen molar-refractivity contribution in [3.63, 3.8) is 0 Å². The predicted octanol–water partition coefficient (Wildman–Crippen LogP) is 8.68. The molecule has 5 aliphatic rings. The largest absolute Gasteiger partial charge is 0.495 e. The molecule has 1 saturated carbocycles. The lowest BCUT2D eigenvalue weighted by molar-refractivity contribution is -0.162. The van der Waals surface area contributed by atoms with Gasteiger partial charge in [-0.05, 0) is 93.2 Å². The number of thioether (sulfide) groups is 1. The molecule has 4 fully saturated rings. The van der Waals surface area contributed by atoms with Gasteiger partial charge in [-0.15, -0.1) is 11.8 Å². The van der Waals surface area contributed by atoms with E-state index in [2.05, 4.69) is 10.6 Å². The van der Waals surface area contributed by atoms with Crippen molar-refractivity contribution in [2.75, 3.05) is 45.5 Å². The first-order valence-electron chi connectivity index (χ1n) is 29.4. The molecule has 0 radical (unpaired) electrons. The highest BCUT2D eigenvalue weighted by molar-refractivity contribution is 8.00. The lowest BCUT2D eigenvalue weighted by Gasteiger charge is -2.42. The van der Waals surface area contributed by atoms with Crippen LogP contribution in [0.4, 0.5) is 10.5 Å². The van der Waals surface area contributed by atoms with Crippen LogP contribution in [0.2, 0.25) is 5.02 Å². The molecule has 6 amide bonds. The first-order chi connectivity index (χ1) is 41.1. The molecule has 1 unspecified atom stereocenters. The number of rotatable bonds is 16. The fraction of sp³-hybridized carbons (Fsp3) is 0.470. The van der Waals surface area contributed by atoms with E-state index in [1.807, 2.05) is 104 Å². The van der Waals surface area contributed by atoms with E-state index in [0.29, 0.717) is 43.5 Å². The van der Waals surface area contributed by atoms with Crippen molar-refractivity contribution >= 4 is 70.6 Å². The van der Waals surface area contributed by atoms with E-state index >= 15 is 0 Å². The summed E-state index contributed by atoms with van der Waals surface area (Å²) in [6.45, 7) is 7.15. The molecule has 86 heavy (non-hydrogen) atoms. The molecule has 20 heteroatoms. The minimum absolute atomic E-state index is 0.00153. The number of anilines is 1. The lowest BCUT2D eigenvalue weighted by Crippen LogP contribution is -2.63. The number of carbonyl (C=O) groups is 7. The molecule has 4 aliphatic heterocycles. The van der Waals surface area contributed by atoms with E-state index in [0.717, 1.165) is 27.8 Å². The number of benzene rings is 4. The maximum absolute atomic E-state index is 14.5. The molecule has 0 aromatic heterocycles. The van der Waals surface area contributed by atoms with Gasteiger partial charge in [0.15, 0.2) is 5.72 Å². The summed E-state index contributed by atoms with van der Waals surface area (Å²) in [5.41, 5.74) is 0.682. The van der Waals surface area contributed by atoms with Crippen LogP contribution in [0, 0.1) is 17.8 Å². The number of ether oxygens (including phenoxy) is 5. The summed E-state index contributed by atoms with van der Waals surface area (Å²) in [7, 11) is 5.92. The van der Waals surface area contributed by atoms with Gasteiger partial charge in [-0.25, -0.2) is 9.59 Å². The second kappa shape index (κ2) is 26.9. The summed E-state index contributed by atoms with van der Waals surface area (Å²) in [5.74, 6) is -2.69. The van der Waals surface area contributed by atoms with E-state index in [1.54, 1.807) is 45.2 Å². The summed E-state index contributed by atoms with van der Waals surface area (Å²) in [5, 5.41) is 17.5. The van der Waals surface area contributed by atoms with Crippen LogP contribution in [0.3, 0.4) is 0 Å². The average Bonchev–Trinajstić information content (AvgIpc) is 1.65. The third-order valence-electron chi connectivity index (χ3n) is 18.0. The van der Waals surface area contributed by atoms with Gasteiger partial charge in [-0.1, -0.05) is 133 Å². The van der Waals surface area contributed by atoms with Crippen LogP contribution in [0.1, 0.15) is 101 Å². The Bertz CT molecular complexity index is 3120. The fourth-order valence-corrected chi connectivity index (χ4v) is 14.0.